The summed E-state index contributed by atoms with van der Waals surface area (Å²) in [4.78, 5) is 0. The first-order chi connectivity index (χ1) is 8.93. The van der Waals surface area contributed by atoms with Gasteiger partial charge in [0.1, 0.15) is 5.60 Å². The lowest BCUT2D eigenvalue weighted by atomic mass is 9.87. The Hall–Kier alpha value is -1.31. The second-order valence-electron chi connectivity index (χ2n) is 5.33. The third-order valence-corrected chi connectivity index (χ3v) is 3.87. The third kappa shape index (κ3) is 2.83. The van der Waals surface area contributed by atoms with Crippen LogP contribution in [0.15, 0.2) is 48.5 Å². The third-order valence-electron chi connectivity index (χ3n) is 3.54. The molecule has 0 spiro atoms. The van der Waals surface area contributed by atoms with Crippen molar-refractivity contribution >= 4 is 11.6 Å². The minimum atomic E-state index is -1.08. The van der Waals surface area contributed by atoms with Crippen LogP contribution >= 0.6 is 11.6 Å². The van der Waals surface area contributed by atoms with Crippen LogP contribution in [0.25, 0.3) is 0 Å². The van der Waals surface area contributed by atoms with E-state index >= 15 is 0 Å². The Kier molecular flexibility index (Phi) is 3.98. The van der Waals surface area contributed by atoms with Crippen LogP contribution < -0.4 is 0 Å². The normalized spacial score (nSPS) is 14.4. The van der Waals surface area contributed by atoms with Crippen molar-refractivity contribution in [1.29, 1.82) is 0 Å². The predicted octanol–water partition coefficient (Wildman–Crippen LogP) is 4.72. The molecule has 2 heteroatoms. The summed E-state index contributed by atoms with van der Waals surface area (Å²) >= 11 is 6.18. The summed E-state index contributed by atoms with van der Waals surface area (Å²) in [5.41, 5.74) is 1.77. The maximum atomic E-state index is 10.8. The second-order valence-corrected chi connectivity index (χ2v) is 5.74. The Morgan fingerprint density at radius 1 is 1.00 bits per heavy atom. The van der Waals surface area contributed by atoms with E-state index in [9.17, 15) is 5.11 Å². The van der Waals surface area contributed by atoms with Gasteiger partial charge in [0.2, 0.25) is 0 Å². The van der Waals surface area contributed by atoms with Gasteiger partial charge in [0.05, 0.1) is 0 Å². The number of benzene rings is 2. The predicted molar refractivity (Wildman–Crippen MR) is 80.7 cm³/mol. The number of hydrogen-bond acceptors (Lipinski definition) is 1. The highest BCUT2D eigenvalue weighted by molar-refractivity contribution is 6.31. The van der Waals surface area contributed by atoms with Gasteiger partial charge in [0.15, 0.2) is 0 Å². The molecule has 2 aromatic rings. The zero-order chi connectivity index (χ0) is 14.0. The molecule has 19 heavy (non-hydrogen) atoms. The number of halogens is 1. The zero-order valence-corrected chi connectivity index (χ0v) is 12.3. The molecule has 0 radical (unpaired) electrons. The van der Waals surface area contributed by atoms with Gasteiger partial charge in [-0.15, -0.1) is 0 Å². The van der Waals surface area contributed by atoms with Gasteiger partial charge >= 0.3 is 0 Å². The first kappa shape index (κ1) is 14.1. The maximum absolute atomic E-state index is 10.8. The van der Waals surface area contributed by atoms with Crippen LogP contribution in [0.2, 0.25) is 5.02 Å². The highest BCUT2D eigenvalue weighted by Crippen LogP contribution is 2.34. The SMILES string of the molecule is CC(C)c1ccc(C(C)(O)c2ccccc2Cl)cc1. The van der Waals surface area contributed by atoms with E-state index in [-0.39, 0.29) is 0 Å². The van der Waals surface area contributed by atoms with Crippen LogP contribution in [0.4, 0.5) is 0 Å². The Balaban J connectivity index is 2.42. The molecule has 0 aliphatic carbocycles. The smallest absolute Gasteiger partial charge is 0.113 e. The fourth-order valence-electron chi connectivity index (χ4n) is 2.20. The van der Waals surface area contributed by atoms with Crippen molar-refractivity contribution in [3.05, 3.63) is 70.2 Å². The van der Waals surface area contributed by atoms with Crippen LogP contribution in [0.5, 0.6) is 0 Å². The molecule has 0 heterocycles. The van der Waals surface area contributed by atoms with Crippen molar-refractivity contribution in [2.24, 2.45) is 0 Å². The van der Waals surface area contributed by atoms with Crippen molar-refractivity contribution in [3.63, 3.8) is 0 Å². The van der Waals surface area contributed by atoms with Gasteiger partial charge in [0, 0.05) is 10.6 Å². The van der Waals surface area contributed by atoms with Gasteiger partial charge < -0.3 is 5.11 Å². The largest absolute Gasteiger partial charge is 0.381 e. The molecule has 2 rings (SSSR count). The molecule has 1 N–H and O–H groups in total. The van der Waals surface area contributed by atoms with Crippen LogP contribution in [-0.2, 0) is 5.60 Å². The van der Waals surface area contributed by atoms with Gasteiger partial charge in [-0.1, -0.05) is 67.9 Å². The van der Waals surface area contributed by atoms with E-state index < -0.39 is 5.60 Å². The monoisotopic (exact) mass is 274 g/mol. The van der Waals surface area contributed by atoms with Crippen LogP contribution in [-0.4, -0.2) is 5.11 Å². The summed E-state index contributed by atoms with van der Waals surface area (Å²) in [5, 5.41) is 11.4. The van der Waals surface area contributed by atoms with Crippen molar-refractivity contribution in [3.8, 4) is 0 Å². The molecule has 100 valence electrons. The average Bonchev–Trinajstić information content (AvgIpc) is 2.39. The van der Waals surface area contributed by atoms with Crippen LogP contribution in [0.3, 0.4) is 0 Å². The van der Waals surface area contributed by atoms with Crippen LogP contribution in [0.1, 0.15) is 43.4 Å². The van der Waals surface area contributed by atoms with E-state index in [4.69, 9.17) is 11.6 Å². The molecule has 2 aromatic carbocycles. The molecular formula is C17H19ClO. The highest BCUT2D eigenvalue weighted by atomic mass is 35.5. The molecule has 0 saturated carbocycles. The lowest BCUT2D eigenvalue weighted by molar-refractivity contribution is 0.102. The number of rotatable bonds is 3. The first-order valence-electron chi connectivity index (χ1n) is 6.50. The molecule has 0 fully saturated rings. The fraction of sp³-hybridized carbons (Fsp3) is 0.294. The minimum Gasteiger partial charge on any atom is -0.381 e. The molecule has 0 aliphatic heterocycles. The number of hydrogen-bond donors (Lipinski definition) is 1. The Labute approximate surface area is 119 Å². The van der Waals surface area contributed by atoms with Crippen LogP contribution in [0, 0.1) is 0 Å². The van der Waals surface area contributed by atoms with E-state index in [1.165, 1.54) is 5.56 Å². The summed E-state index contributed by atoms with van der Waals surface area (Å²) in [7, 11) is 0. The summed E-state index contributed by atoms with van der Waals surface area (Å²) in [6, 6.07) is 15.5. The molecule has 0 bridgehead atoms. The molecular weight excluding hydrogens is 256 g/mol. The van der Waals surface area contributed by atoms with E-state index in [0.29, 0.717) is 10.9 Å². The van der Waals surface area contributed by atoms with Gasteiger partial charge in [-0.3, -0.25) is 0 Å². The topological polar surface area (TPSA) is 20.2 Å². The summed E-state index contributed by atoms with van der Waals surface area (Å²) in [6.45, 7) is 6.08. The van der Waals surface area contributed by atoms with Gasteiger partial charge in [0.25, 0.3) is 0 Å². The van der Waals surface area contributed by atoms with Crippen molar-refractivity contribution in [2.45, 2.75) is 32.3 Å². The van der Waals surface area contributed by atoms with E-state index in [2.05, 4.69) is 26.0 Å². The lowest BCUT2D eigenvalue weighted by Gasteiger charge is -2.26. The zero-order valence-electron chi connectivity index (χ0n) is 11.5. The summed E-state index contributed by atoms with van der Waals surface area (Å²) < 4.78 is 0. The molecule has 0 amide bonds. The van der Waals surface area contributed by atoms with Crippen molar-refractivity contribution in [1.82, 2.24) is 0 Å². The quantitative estimate of drug-likeness (QED) is 0.859. The molecule has 0 saturated heterocycles. The maximum Gasteiger partial charge on any atom is 0.113 e. The molecule has 0 aromatic heterocycles. The first-order valence-corrected chi connectivity index (χ1v) is 6.88. The molecule has 1 unspecified atom stereocenters. The standard InChI is InChI=1S/C17H19ClO/c1-12(2)13-8-10-14(11-9-13)17(3,19)15-6-4-5-7-16(15)18/h4-12,19H,1-3H3. The Morgan fingerprint density at radius 2 is 1.58 bits per heavy atom. The summed E-state index contributed by atoms with van der Waals surface area (Å²) in [6.07, 6.45) is 0. The Morgan fingerprint density at radius 3 is 2.11 bits per heavy atom. The van der Waals surface area contributed by atoms with E-state index in [1.807, 2.05) is 30.3 Å². The van der Waals surface area contributed by atoms with Gasteiger partial charge in [-0.25, -0.2) is 0 Å². The van der Waals surface area contributed by atoms with Crippen molar-refractivity contribution in [2.75, 3.05) is 0 Å². The minimum absolute atomic E-state index is 0.485. The molecule has 0 aliphatic rings. The van der Waals surface area contributed by atoms with E-state index in [1.54, 1.807) is 13.0 Å². The van der Waals surface area contributed by atoms with Gasteiger partial charge in [-0.05, 0) is 30.0 Å². The highest BCUT2D eigenvalue weighted by Gasteiger charge is 2.27. The lowest BCUT2D eigenvalue weighted by Crippen LogP contribution is -2.23. The average molecular weight is 275 g/mol. The molecule has 1 atom stereocenters. The van der Waals surface area contributed by atoms with Crippen molar-refractivity contribution < 1.29 is 5.11 Å². The Bertz CT molecular complexity index is 556. The summed E-state index contributed by atoms with van der Waals surface area (Å²) in [5.74, 6) is 0.485. The number of aliphatic hydroxyl groups is 1. The molecule has 1 nitrogen and oxygen atoms in total. The van der Waals surface area contributed by atoms with Gasteiger partial charge in [-0.2, -0.15) is 0 Å². The van der Waals surface area contributed by atoms with E-state index in [0.717, 1.165) is 11.1 Å². The fourth-order valence-corrected chi connectivity index (χ4v) is 2.52. The second kappa shape index (κ2) is 5.36.